The lowest BCUT2D eigenvalue weighted by molar-refractivity contribution is 0.170. The fourth-order valence-electron chi connectivity index (χ4n) is 2.14. The highest BCUT2D eigenvalue weighted by Gasteiger charge is 2.18. The highest BCUT2D eigenvalue weighted by molar-refractivity contribution is 9.10. The van der Waals surface area contributed by atoms with Crippen LogP contribution in [0.15, 0.2) is 16.6 Å². The van der Waals surface area contributed by atoms with Crippen LogP contribution in [0.25, 0.3) is 0 Å². The van der Waals surface area contributed by atoms with Crippen molar-refractivity contribution in [1.29, 1.82) is 0 Å². The van der Waals surface area contributed by atoms with E-state index in [1.165, 1.54) is 24.8 Å². The van der Waals surface area contributed by atoms with Crippen molar-refractivity contribution in [3.05, 3.63) is 22.2 Å². The van der Waals surface area contributed by atoms with Gasteiger partial charge in [-0.15, -0.1) is 0 Å². The van der Waals surface area contributed by atoms with Gasteiger partial charge in [0, 0.05) is 12.6 Å². The normalized spacial score (nSPS) is 18.9. The molecule has 1 saturated carbocycles. The number of hydrogen-bond donors (Lipinski definition) is 1. The zero-order valence-corrected chi connectivity index (χ0v) is 11.3. The molecule has 0 radical (unpaired) electrons. The molecule has 3 nitrogen and oxygen atoms in total. The van der Waals surface area contributed by atoms with E-state index in [9.17, 15) is 0 Å². The summed E-state index contributed by atoms with van der Waals surface area (Å²) in [5, 5.41) is 3.55. The van der Waals surface area contributed by atoms with Crippen molar-refractivity contribution < 1.29 is 9.47 Å². The topological polar surface area (TPSA) is 30.5 Å². The Bertz CT molecular complexity index is 418. The molecule has 0 amide bonds. The zero-order valence-electron chi connectivity index (χ0n) is 9.67. The van der Waals surface area contributed by atoms with Crippen molar-refractivity contribution in [1.82, 2.24) is 5.32 Å². The first-order valence-electron chi connectivity index (χ1n) is 6.14. The Labute approximate surface area is 110 Å². The Hall–Kier alpha value is -0.740. The molecule has 0 spiro atoms. The van der Waals surface area contributed by atoms with Crippen molar-refractivity contribution in [3.63, 3.8) is 0 Å². The number of halogens is 1. The molecule has 1 fully saturated rings. The molecule has 1 aromatic carbocycles. The molecule has 2 aliphatic rings. The summed E-state index contributed by atoms with van der Waals surface area (Å²) in [6.45, 7) is 2.17. The second-order valence-electron chi connectivity index (χ2n) is 4.61. The van der Waals surface area contributed by atoms with Gasteiger partial charge in [0.1, 0.15) is 13.2 Å². The van der Waals surface area contributed by atoms with Gasteiger partial charge in [0.25, 0.3) is 0 Å². The summed E-state index contributed by atoms with van der Waals surface area (Å²) in [6.07, 6.45) is 3.99. The van der Waals surface area contributed by atoms with Crippen LogP contribution in [0.1, 0.15) is 24.8 Å². The molecule has 4 heteroatoms. The largest absolute Gasteiger partial charge is 0.486 e. The lowest BCUT2D eigenvalue weighted by Gasteiger charge is -2.27. The second kappa shape index (κ2) is 4.86. The molecular formula is C13H16BrNO2. The fraction of sp³-hybridized carbons (Fsp3) is 0.538. The SMILES string of the molecule is Brc1cc(CNC2CCC2)cc2c1OCCO2. The molecule has 1 aromatic rings. The van der Waals surface area contributed by atoms with Crippen molar-refractivity contribution in [2.75, 3.05) is 13.2 Å². The fourth-order valence-corrected chi connectivity index (χ4v) is 2.74. The van der Waals surface area contributed by atoms with E-state index < -0.39 is 0 Å². The summed E-state index contributed by atoms with van der Waals surface area (Å²) in [5.74, 6) is 1.69. The first kappa shape index (κ1) is 11.4. The van der Waals surface area contributed by atoms with Crippen LogP contribution in [0.3, 0.4) is 0 Å². The van der Waals surface area contributed by atoms with Gasteiger partial charge in [0.15, 0.2) is 11.5 Å². The maximum Gasteiger partial charge on any atom is 0.175 e. The minimum Gasteiger partial charge on any atom is -0.486 e. The average Bonchev–Trinajstić information content (AvgIpc) is 2.27. The number of nitrogens with one attached hydrogen (secondary N) is 1. The minimum absolute atomic E-state index is 0.630. The van der Waals surface area contributed by atoms with E-state index in [2.05, 4.69) is 33.4 Å². The number of rotatable bonds is 3. The lowest BCUT2D eigenvalue weighted by atomic mass is 9.93. The van der Waals surface area contributed by atoms with Gasteiger partial charge in [-0.3, -0.25) is 0 Å². The molecule has 0 saturated heterocycles. The molecule has 17 heavy (non-hydrogen) atoms. The van der Waals surface area contributed by atoms with E-state index >= 15 is 0 Å². The molecule has 1 heterocycles. The molecule has 92 valence electrons. The summed E-state index contributed by atoms with van der Waals surface area (Å²) < 4.78 is 12.2. The first-order valence-corrected chi connectivity index (χ1v) is 6.93. The zero-order chi connectivity index (χ0) is 11.7. The molecular weight excluding hydrogens is 282 g/mol. The van der Waals surface area contributed by atoms with Gasteiger partial charge >= 0.3 is 0 Å². The van der Waals surface area contributed by atoms with E-state index in [1.54, 1.807) is 0 Å². The van der Waals surface area contributed by atoms with Crippen molar-refractivity contribution in [2.45, 2.75) is 31.8 Å². The maximum absolute atomic E-state index is 5.61. The minimum atomic E-state index is 0.630. The van der Waals surface area contributed by atoms with Gasteiger partial charge in [-0.2, -0.15) is 0 Å². The summed E-state index contributed by atoms with van der Waals surface area (Å²) in [7, 11) is 0. The predicted molar refractivity (Wildman–Crippen MR) is 69.6 cm³/mol. The lowest BCUT2D eigenvalue weighted by Crippen LogP contribution is -2.34. The van der Waals surface area contributed by atoms with Gasteiger partial charge < -0.3 is 14.8 Å². The van der Waals surface area contributed by atoms with Crippen LogP contribution in [0.5, 0.6) is 11.5 Å². The summed E-state index contributed by atoms with van der Waals surface area (Å²) in [5.41, 5.74) is 1.24. The van der Waals surface area contributed by atoms with E-state index in [4.69, 9.17) is 9.47 Å². The van der Waals surface area contributed by atoms with Gasteiger partial charge in [0.05, 0.1) is 4.47 Å². The Morgan fingerprint density at radius 2 is 2.06 bits per heavy atom. The van der Waals surface area contributed by atoms with E-state index in [0.717, 1.165) is 22.5 Å². The summed E-state index contributed by atoms with van der Waals surface area (Å²) in [6, 6.07) is 4.89. The smallest absolute Gasteiger partial charge is 0.175 e. The third kappa shape index (κ3) is 2.43. The predicted octanol–water partition coefficient (Wildman–Crippen LogP) is 2.86. The number of hydrogen-bond acceptors (Lipinski definition) is 3. The van der Waals surface area contributed by atoms with Crippen LogP contribution in [0.2, 0.25) is 0 Å². The van der Waals surface area contributed by atoms with Crippen LogP contribution >= 0.6 is 15.9 Å². The second-order valence-corrected chi connectivity index (χ2v) is 5.46. The van der Waals surface area contributed by atoms with Gasteiger partial charge in [-0.05, 0) is 46.5 Å². The molecule has 0 unspecified atom stereocenters. The average molecular weight is 298 g/mol. The highest BCUT2D eigenvalue weighted by atomic mass is 79.9. The van der Waals surface area contributed by atoms with E-state index in [-0.39, 0.29) is 0 Å². The quantitative estimate of drug-likeness (QED) is 0.931. The van der Waals surface area contributed by atoms with Crippen LogP contribution in [0, 0.1) is 0 Å². The van der Waals surface area contributed by atoms with Crippen molar-refractivity contribution in [3.8, 4) is 11.5 Å². The number of benzene rings is 1. The molecule has 0 atom stereocenters. The summed E-state index contributed by atoms with van der Waals surface area (Å²) >= 11 is 3.54. The van der Waals surface area contributed by atoms with Gasteiger partial charge in [0.2, 0.25) is 0 Å². The third-order valence-electron chi connectivity index (χ3n) is 3.36. The van der Waals surface area contributed by atoms with E-state index in [0.29, 0.717) is 19.3 Å². The Kier molecular flexibility index (Phi) is 3.25. The Balaban J connectivity index is 1.73. The first-order chi connectivity index (χ1) is 8.33. The third-order valence-corrected chi connectivity index (χ3v) is 3.95. The molecule has 1 N–H and O–H groups in total. The Morgan fingerprint density at radius 1 is 1.24 bits per heavy atom. The van der Waals surface area contributed by atoms with Crippen molar-refractivity contribution >= 4 is 15.9 Å². The standard InChI is InChI=1S/C13H16BrNO2/c14-11-6-9(8-15-10-2-1-3-10)7-12-13(11)17-5-4-16-12/h6-7,10,15H,1-5,8H2. The van der Waals surface area contributed by atoms with Crippen LogP contribution < -0.4 is 14.8 Å². The number of fused-ring (bicyclic) bond motifs is 1. The monoisotopic (exact) mass is 297 g/mol. The molecule has 1 aliphatic carbocycles. The Morgan fingerprint density at radius 3 is 2.82 bits per heavy atom. The van der Waals surface area contributed by atoms with Crippen molar-refractivity contribution in [2.24, 2.45) is 0 Å². The van der Waals surface area contributed by atoms with Gasteiger partial charge in [-0.1, -0.05) is 6.42 Å². The molecule has 3 rings (SSSR count). The van der Waals surface area contributed by atoms with E-state index in [1.807, 2.05) is 0 Å². The maximum atomic E-state index is 5.61. The number of ether oxygens (including phenoxy) is 2. The molecule has 0 bridgehead atoms. The van der Waals surface area contributed by atoms with Crippen LogP contribution in [-0.4, -0.2) is 19.3 Å². The van der Waals surface area contributed by atoms with Gasteiger partial charge in [-0.25, -0.2) is 0 Å². The van der Waals surface area contributed by atoms with Crippen LogP contribution in [0.4, 0.5) is 0 Å². The molecule has 1 aliphatic heterocycles. The van der Waals surface area contributed by atoms with Crippen LogP contribution in [-0.2, 0) is 6.54 Å². The summed E-state index contributed by atoms with van der Waals surface area (Å²) in [4.78, 5) is 0. The molecule has 0 aromatic heterocycles. The highest BCUT2D eigenvalue weighted by Crippen LogP contribution is 2.38.